The maximum atomic E-state index is 2.70. The molecule has 0 saturated heterocycles. The summed E-state index contributed by atoms with van der Waals surface area (Å²) < 4.78 is 2.67. The van der Waals surface area contributed by atoms with Crippen LogP contribution < -0.4 is 26.2 Å². The van der Waals surface area contributed by atoms with Crippen molar-refractivity contribution in [2.24, 2.45) is 0 Å². The maximum Gasteiger partial charge on any atom is 0.252 e. The molecule has 0 fully saturated rings. The summed E-state index contributed by atoms with van der Waals surface area (Å²) in [5, 5.41) is 2.63. The lowest BCUT2D eigenvalue weighted by molar-refractivity contribution is 0.590. The first-order valence-corrected chi connectivity index (χ1v) is 28.6. The first-order valence-electron chi connectivity index (χ1n) is 27.7. The lowest BCUT2D eigenvalue weighted by Crippen LogP contribution is -2.61. The molecule has 0 spiro atoms. The van der Waals surface area contributed by atoms with Crippen LogP contribution in [0, 0.1) is 0 Å². The summed E-state index contributed by atoms with van der Waals surface area (Å²) in [6, 6.07) is 93.8. The van der Waals surface area contributed by atoms with Gasteiger partial charge < -0.3 is 9.80 Å². The predicted octanol–water partition coefficient (Wildman–Crippen LogP) is 19.1. The third kappa shape index (κ3) is 8.17. The Morgan fingerprint density at radius 3 is 1.38 bits per heavy atom. The third-order valence-corrected chi connectivity index (χ3v) is 17.5. The van der Waals surface area contributed by atoms with E-state index >= 15 is 0 Å². The maximum absolute atomic E-state index is 2.70. The molecule has 0 unspecified atom stereocenters. The monoisotopic (exact) mass is 1020 g/mol. The number of aryl methyl sites for hydroxylation is 1. The Bertz CT molecular complexity index is 4160. The lowest BCUT2D eigenvalue weighted by Gasteiger charge is -2.46. The lowest BCUT2D eigenvalue weighted by atomic mass is 9.33. The van der Waals surface area contributed by atoms with E-state index in [4.69, 9.17) is 0 Å². The molecule has 0 saturated carbocycles. The molecule has 2 nitrogen and oxygen atoms in total. The number of benzene rings is 11. The van der Waals surface area contributed by atoms with Crippen LogP contribution in [0.15, 0.2) is 249 Å². The van der Waals surface area contributed by atoms with Crippen LogP contribution >= 0.6 is 11.3 Å². The van der Waals surface area contributed by atoms with Gasteiger partial charge in [0.15, 0.2) is 0 Å². The largest absolute Gasteiger partial charge is 0.311 e. The Balaban J connectivity index is 1.15. The molecule has 12 aromatic rings. The zero-order valence-electron chi connectivity index (χ0n) is 44.7. The second kappa shape index (κ2) is 19.4. The summed E-state index contributed by atoms with van der Waals surface area (Å²) in [6.45, 7) is 9.37. The molecule has 2 aliphatic heterocycles. The summed E-state index contributed by atoms with van der Waals surface area (Å²) in [6.07, 6.45) is 3.20. The van der Waals surface area contributed by atoms with Gasteiger partial charge in [0.25, 0.3) is 6.71 Å². The standard InChI is InChI=1S/C74H59BN2S/c1-5-6-24-56-45-71-62(59-35-22-23-36-70(59)78-71)48-67(56)76-65-39-37-54(49-25-12-7-13-26-49)43-63(65)75-64-44-55(50-27-14-8-15-28-50)38-40-66(64)77(69-47-58(74(2,3)4)46-68(76)72(69)75)73-60(52-31-18-10-19-32-52)41-57(51-29-16-9-17-30-51)42-61(73)53-33-20-11-21-34-53/h7-23,25-48H,5-6,24H2,1-4H3. The number of unbranched alkanes of at least 4 members (excludes halogenated alkanes) is 1. The molecule has 14 rings (SSSR count). The molecule has 1 aromatic heterocycles. The van der Waals surface area contributed by atoms with Crippen molar-refractivity contribution in [1.82, 2.24) is 0 Å². The number of hydrogen-bond acceptors (Lipinski definition) is 3. The zero-order chi connectivity index (χ0) is 52.5. The molecule has 11 aromatic carbocycles. The minimum atomic E-state index is -0.201. The van der Waals surface area contributed by atoms with Gasteiger partial charge in [-0.05, 0) is 145 Å². The van der Waals surface area contributed by atoms with Crippen LogP contribution in [0.25, 0.3) is 75.8 Å². The fourth-order valence-corrected chi connectivity index (χ4v) is 13.6. The van der Waals surface area contributed by atoms with E-state index < -0.39 is 0 Å². The van der Waals surface area contributed by atoms with Gasteiger partial charge in [0, 0.05) is 59.7 Å². The fraction of sp³-hybridized carbons (Fsp3) is 0.108. The predicted molar refractivity (Wildman–Crippen MR) is 338 cm³/mol. The third-order valence-electron chi connectivity index (χ3n) is 16.4. The molecule has 78 heavy (non-hydrogen) atoms. The van der Waals surface area contributed by atoms with Crippen molar-refractivity contribution >= 4 is 88.7 Å². The quantitative estimate of drug-likeness (QED) is 0.126. The van der Waals surface area contributed by atoms with Gasteiger partial charge >= 0.3 is 0 Å². The van der Waals surface area contributed by atoms with Crippen LogP contribution in [0.5, 0.6) is 0 Å². The van der Waals surface area contributed by atoms with E-state index in [-0.39, 0.29) is 12.1 Å². The van der Waals surface area contributed by atoms with Gasteiger partial charge in [-0.2, -0.15) is 0 Å². The molecule has 3 heterocycles. The van der Waals surface area contributed by atoms with Gasteiger partial charge in [0.1, 0.15) is 0 Å². The highest BCUT2D eigenvalue weighted by Gasteiger charge is 2.45. The van der Waals surface area contributed by atoms with Gasteiger partial charge in [-0.1, -0.05) is 228 Å². The number of thiophene rings is 1. The Morgan fingerprint density at radius 2 is 0.859 bits per heavy atom. The Kier molecular flexibility index (Phi) is 11.9. The van der Waals surface area contributed by atoms with Gasteiger partial charge in [-0.15, -0.1) is 11.3 Å². The van der Waals surface area contributed by atoms with Crippen LogP contribution in [-0.2, 0) is 11.8 Å². The molecule has 0 bridgehead atoms. The number of rotatable bonds is 10. The smallest absolute Gasteiger partial charge is 0.252 e. The molecule has 0 atom stereocenters. The highest BCUT2D eigenvalue weighted by Crippen LogP contribution is 2.53. The summed E-state index contributed by atoms with van der Waals surface area (Å²) in [4.78, 5) is 5.39. The topological polar surface area (TPSA) is 6.48 Å². The van der Waals surface area contributed by atoms with Crippen LogP contribution in [0.3, 0.4) is 0 Å². The second-order valence-electron chi connectivity index (χ2n) is 22.3. The second-order valence-corrected chi connectivity index (χ2v) is 23.3. The molecule has 0 N–H and O–H groups in total. The molecule has 0 amide bonds. The highest BCUT2D eigenvalue weighted by molar-refractivity contribution is 7.25. The molecule has 4 heteroatoms. The van der Waals surface area contributed by atoms with Crippen molar-refractivity contribution < 1.29 is 0 Å². The molecule has 0 aliphatic carbocycles. The van der Waals surface area contributed by atoms with Gasteiger partial charge in [-0.3, -0.25) is 0 Å². The van der Waals surface area contributed by atoms with Crippen LogP contribution in [0.2, 0.25) is 0 Å². The van der Waals surface area contributed by atoms with Crippen LogP contribution in [0.4, 0.5) is 34.1 Å². The fourth-order valence-electron chi connectivity index (χ4n) is 12.5. The highest BCUT2D eigenvalue weighted by atomic mass is 32.1. The summed E-state index contributed by atoms with van der Waals surface area (Å²) in [7, 11) is 0. The van der Waals surface area contributed by atoms with Crippen LogP contribution in [-0.4, -0.2) is 6.71 Å². The average molecular weight is 1020 g/mol. The van der Waals surface area contributed by atoms with Crippen molar-refractivity contribution in [2.75, 3.05) is 9.80 Å². The summed E-state index contributed by atoms with van der Waals surface area (Å²) in [5.74, 6) is 0. The minimum Gasteiger partial charge on any atom is -0.311 e. The van der Waals surface area contributed by atoms with Gasteiger partial charge in [0.2, 0.25) is 0 Å². The Morgan fingerprint density at radius 1 is 0.385 bits per heavy atom. The van der Waals surface area contributed by atoms with Crippen molar-refractivity contribution in [2.45, 2.75) is 52.4 Å². The summed E-state index contributed by atoms with van der Waals surface area (Å²) >= 11 is 1.92. The number of anilines is 6. The van der Waals surface area contributed by atoms with Crippen molar-refractivity contribution in [3.05, 3.63) is 260 Å². The normalized spacial score (nSPS) is 12.7. The minimum absolute atomic E-state index is 0.109. The van der Waals surface area contributed by atoms with Crippen molar-refractivity contribution in [3.63, 3.8) is 0 Å². The molecule has 0 radical (unpaired) electrons. The first-order chi connectivity index (χ1) is 38.3. The van der Waals surface area contributed by atoms with Crippen molar-refractivity contribution in [1.29, 1.82) is 0 Å². The molecular weight excluding hydrogens is 960 g/mol. The van der Waals surface area contributed by atoms with E-state index in [1.165, 1.54) is 132 Å². The van der Waals surface area contributed by atoms with E-state index in [0.29, 0.717) is 0 Å². The zero-order valence-corrected chi connectivity index (χ0v) is 45.5. The van der Waals surface area contributed by atoms with E-state index in [0.717, 1.165) is 24.9 Å². The van der Waals surface area contributed by atoms with Gasteiger partial charge in [-0.25, -0.2) is 0 Å². The van der Waals surface area contributed by atoms with Crippen molar-refractivity contribution in [3.8, 4) is 55.6 Å². The van der Waals surface area contributed by atoms with Gasteiger partial charge in [0.05, 0.1) is 5.69 Å². The first kappa shape index (κ1) is 47.7. The average Bonchev–Trinajstić information content (AvgIpc) is 2.18. The van der Waals surface area contributed by atoms with E-state index in [1.807, 2.05) is 11.3 Å². The SMILES string of the molecule is CCCCc1cc2sc3ccccc3c2cc1N1c2ccc(-c3ccccc3)cc2B2c3cc(-c4ccccc4)ccc3N(c3c(-c4ccccc4)cc(-c4ccccc4)cc3-c3ccccc3)c3cc(C(C)(C)C)cc1c32. The molecule has 2 aliphatic rings. The number of nitrogens with zero attached hydrogens (tertiary/aromatic N) is 2. The Hall–Kier alpha value is -8.70. The van der Waals surface area contributed by atoms with E-state index in [2.05, 4.69) is 286 Å². The van der Waals surface area contributed by atoms with Crippen LogP contribution in [0.1, 0.15) is 51.7 Å². The summed E-state index contributed by atoms with van der Waals surface area (Å²) in [5.41, 5.74) is 25.6. The van der Waals surface area contributed by atoms with E-state index in [9.17, 15) is 0 Å². The number of fused-ring (bicyclic) bond motifs is 7. The van der Waals surface area contributed by atoms with E-state index in [1.54, 1.807) is 0 Å². The number of hydrogen-bond donors (Lipinski definition) is 0. The molecule has 374 valence electrons. The molecular formula is C74H59BN2S. The Labute approximate surface area is 463 Å².